The maximum absolute atomic E-state index is 11.4. The summed E-state index contributed by atoms with van der Waals surface area (Å²) in [6, 6.07) is 0. The highest BCUT2D eigenvalue weighted by Gasteiger charge is 2.42. The molecule has 3 rings (SSSR count). The lowest BCUT2D eigenvalue weighted by Crippen LogP contribution is -2.47. The molecule has 21 heavy (non-hydrogen) atoms. The van der Waals surface area contributed by atoms with Crippen LogP contribution in [-0.4, -0.2) is 24.8 Å². The molecular formula is C18H30O3. The second-order valence-corrected chi connectivity index (χ2v) is 7.40. The topological polar surface area (TPSA) is 35.5 Å². The molecule has 3 fully saturated rings. The predicted octanol–water partition coefficient (Wildman–Crippen LogP) is 4.10. The first-order chi connectivity index (χ1) is 10.2. The van der Waals surface area contributed by atoms with E-state index in [1.807, 2.05) is 0 Å². The van der Waals surface area contributed by atoms with E-state index in [1.54, 1.807) is 0 Å². The zero-order chi connectivity index (χ0) is 14.7. The van der Waals surface area contributed by atoms with Crippen LogP contribution in [0, 0.1) is 17.8 Å². The van der Waals surface area contributed by atoms with Crippen molar-refractivity contribution in [3.8, 4) is 0 Å². The van der Waals surface area contributed by atoms with Crippen molar-refractivity contribution in [3.63, 3.8) is 0 Å². The molecule has 3 aliphatic rings. The van der Waals surface area contributed by atoms with Gasteiger partial charge < -0.3 is 9.47 Å². The Morgan fingerprint density at radius 1 is 1.00 bits per heavy atom. The standard InChI is InChI=1S/C18H30O3/c1-2-3-14-12-20-18(21-13-14)10-8-16(9-11-18)15-4-6-17(19)7-5-15/h14-16H,2-13H2,1H3. The van der Waals surface area contributed by atoms with Gasteiger partial charge in [-0.05, 0) is 43.9 Å². The van der Waals surface area contributed by atoms with Crippen molar-refractivity contribution in [1.29, 1.82) is 0 Å². The van der Waals surface area contributed by atoms with Crippen LogP contribution in [0.2, 0.25) is 0 Å². The fraction of sp³-hybridized carbons (Fsp3) is 0.944. The Morgan fingerprint density at radius 2 is 1.57 bits per heavy atom. The highest BCUT2D eigenvalue weighted by Crippen LogP contribution is 2.44. The number of ketones is 1. The van der Waals surface area contributed by atoms with E-state index in [0.29, 0.717) is 11.7 Å². The number of hydrogen-bond acceptors (Lipinski definition) is 3. The van der Waals surface area contributed by atoms with Crippen molar-refractivity contribution < 1.29 is 14.3 Å². The summed E-state index contributed by atoms with van der Waals surface area (Å²) < 4.78 is 12.3. The summed E-state index contributed by atoms with van der Waals surface area (Å²) in [4.78, 5) is 11.4. The van der Waals surface area contributed by atoms with Gasteiger partial charge >= 0.3 is 0 Å². The van der Waals surface area contributed by atoms with Crippen LogP contribution in [-0.2, 0) is 14.3 Å². The van der Waals surface area contributed by atoms with Crippen LogP contribution < -0.4 is 0 Å². The predicted molar refractivity (Wildman–Crippen MR) is 82.0 cm³/mol. The first kappa shape index (κ1) is 15.5. The van der Waals surface area contributed by atoms with Gasteiger partial charge in [0.25, 0.3) is 0 Å². The third-order valence-corrected chi connectivity index (χ3v) is 5.91. The van der Waals surface area contributed by atoms with E-state index in [9.17, 15) is 4.79 Å². The molecule has 1 spiro atoms. The second-order valence-electron chi connectivity index (χ2n) is 7.40. The molecule has 0 aromatic heterocycles. The van der Waals surface area contributed by atoms with Crippen LogP contribution in [0.4, 0.5) is 0 Å². The van der Waals surface area contributed by atoms with Gasteiger partial charge in [-0.3, -0.25) is 4.79 Å². The largest absolute Gasteiger partial charge is 0.350 e. The molecule has 0 aromatic rings. The van der Waals surface area contributed by atoms with Gasteiger partial charge in [0.2, 0.25) is 0 Å². The Hall–Kier alpha value is -0.410. The van der Waals surface area contributed by atoms with Crippen molar-refractivity contribution in [2.75, 3.05) is 13.2 Å². The van der Waals surface area contributed by atoms with Crippen LogP contribution in [0.5, 0.6) is 0 Å². The molecule has 0 aromatic carbocycles. The smallest absolute Gasteiger partial charge is 0.168 e. The molecule has 0 unspecified atom stereocenters. The molecular weight excluding hydrogens is 264 g/mol. The molecule has 3 heteroatoms. The molecule has 1 saturated heterocycles. The normalized spacial score (nSPS) is 38.8. The van der Waals surface area contributed by atoms with Crippen LogP contribution in [0.3, 0.4) is 0 Å². The summed E-state index contributed by atoms with van der Waals surface area (Å²) in [5, 5.41) is 0. The molecule has 0 amide bonds. The van der Waals surface area contributed by atoms with E-state index in [-0.39, 0.29) is 5.79 Å². The Kier molecular flexibility index (Phi) is 5.00. The number of Topliss-reactive ketones (excluding diaryl/α,β-unsaturated/α-hetero) is 1. The van der Waals surface area contributed by atoms with Gasteiger partial charge in [0.15, 0.2) is 5.79 Å². The van der Waals surface area contributed by atoms with E-state index in [0.717, 1.165) is 63.6 Å². The lowest BCUT2D eigenvalue weighted by Gasteiger charge is -2.46. The van der Waals surface area contributed by atoms with E-state index < -0.39 is 0 Å². The summed E-state index contributed by atoms with van der Waals surface area (Å²) >= 11 is 0. The second kappa shape index (κ2) is 6.78. The summed E-state index contributed by atoms with van der Waals surface area (Å²) in [5.74, 6) is 2.38. The monoisotopic (exact) mass is 294 g/mol. The fourth-order valence-electron chi connectivity index (χ4n) is 4.48. The lowest BCUT2D eigenvalue weighted by atomic mass is 9.71. The highest BCUT2D eigenvalue weighted by molar-refractivity contribution is 5.79. The highest BCUT2D eigenvalue weighted by atomic mass is 16.7. The summed E-state index contributed by atoms with van der Waals surface area (Å²) in [6.07, 6.45) is 10.9. The van der Waals surface area contributed by atoms with Crippen molar-refractivity contribution in [1.82, 2.24) is 0 Å². The van der Waals surface area contributed by atoms with E-state index in [4.69, 9.17) is 9.47 Å². The molecule has 2 aliphatic carbocycles. The molecule has 3 nitrogen and oxygen atoms in total. The Balaban J connectivity index is 1.46. The molecule has 2 saturated carbocycles. The third-order valence-electron chi connectivity index (χ3n) is 5.91. The van der Waals surface area contributed by atoms with Gasteiger partial charge in [-0.1, -0.05) is 13.3 Å². The Labute approximate surface area is 128 Å². The first-order valence-electron chi connectivity index (χ1n) is 9.00. The van der Waals surface area contributed by atoms with E-state index in [2.05, 4.69) is 6.92 Å². The van der Waals surface area contributed by atoms with Crippen LogP contribution >= 0.6 is 0 Å². The minimum Gasteiger partial charge on any atom is -0.350 e. The maximum atomic E-state index is 11.4. The fourth-order valence-corrected chi connectivity index (χ4v) is 4.48. The number of carbonyl (C=O) groups excluding carboxylic acids is 1. The molecule has 0 N–H and O–H groups in total. The molecule has 0 bridgehead atoms. The van der Waals surface area contributed by atoms with Gasteiger partial charge in [-0.25, -0.2) is 0 Å². The summed E-state index contributed by atoms with van der Waals surface area (Å²) in [5.41, 5.74) is 0. The van der Waals surface area contributed by atoms with Gasteiger partial charge in [-0.15, -0.1) is 0 Å². The van der Waals surface area contributed by atoms with Crippen molar-refractivity contribution in [2.45, 2.75) is 76.9 Å². The zero-order valence-corrected chi connectivity index (χ0v) is 13.4. The van der Waals surface area contributed by atoms with Crippen LogP contribution in [0.15, 0.2) is 0 Å². The average molecular weight is 294 g/mol. The SMILES string of the molecule is CCCC1COC2(CCC(C3CCC(=O)CC3)CC2)OC1. The number of hydrogen-bond donors (Lipinski definition) is 0. The summed E-state index contributed by atoms with van der Waals surface area (Å²) in [7, 11) is 0. The van der Waals surface area contributed by atoms with Crippen molar-refractivity contribution in [2.24, 2.45) is 17.8 Å². The van der Waals surface area contributed by atoms with Gasteiger partial charge in [0.05, 0.1) is 13.2 Å². The lowest BCUT2D eigenvalue weighted by molar-refractivity contribution is -0.299. The molecule has 120 valence electrons. The molecule has 0 radical (unpaired) electrons. The zero-order valence-electron chi connectivity index (χ0n) is 13.4. The van der Waals surface area contributed by atoms with E-state index >= 15 is 0 Å². The van der Waals surface area contributed by atoms with Crippen molar-refractivity contribution in [3.05, 3.63) is 0 Å². The van der Waals surface area contributed by atoms with Gasteiger partial charge in [0, 0.05) is 31.6 Å². The first-order valence-corrected chi connectivity index (χ1v) is 9.00. The Morgan fingerprint density at radius 3 is 2.14 bits per heavy atom. The average Bonchev–Trinajstić information content (AvgIpc) is 2.52. The number of rotatable bonds is 3. The number of ether oxygens (including phenoxy) is 2. The molecule has 1 heterocycles. The van der Waals surface area contributed by atoms with Crippen LogP contribution in [0.1, 0.15) is 71.1 Å². The third kappa shape index (κ3) is 3.68. The molecule has 1 aliphatic heterocycles. The summed E-state index contributed by atoms with van der Waals surface area (Å²) in [6.45, 7) is 4.00. The Bertz CT molecular complexity index is 337. The number of carbonyl (C=O) groups is 1. The van der Waals surface area contributed by atoms with Crippen molar-refractivity contribution >= 4 is 5.78 Å². The quantitative estimate of drug-likeness (QED) is 0.786. The minimum atomic E-state index is -0.259. The van der Waals surface area contributed by atoms with Gasteiger partial charge in [-0.2, -0.15) is 0 Å². The van der Waals surface area contributed by atoms with E-state index in [1.165, 1.54) is 25.7 Å². The maximum Gasteiger partial charge on any atom is 0.168 e. The molecule has 0 atom stereocenters. The minimum absolute atomic E-state index is 0.259. The van der Waals surface area contributed by atoms with Gasteiger partial charge in [0.1, 0.15) is 5.78 Å². The van der Waals surface area contributed by atoms with Crippen LogP contribution in [0.25, 0.3) is 0 Å².